The van der Waals surface area contributed by atoms with E-state index in [9.17, 15) is 4.79 Å². The smallest absolute Gasteiger partial charge is 0.238 e. The maximum absolute atomic E-state index is 12.4. The fourth-order valence-electron chi connectivity index (χ4n) is 3.82. The van der Waals surface area contributed by atoms with Crippen molar-refractivity contribution in [2.45, 2.75) is 19.9 Å². The molecule has 2 heterocycles. The zero-order chi connectivity index (χ0) is 19.5. The molecule has 1 saturated heterocycles. The molecule has 1 N–H and O–H groups in total. The van der Waals surface area contributed by atoms with E-state index in [1.54, 1.807) is 0 Å². The van der Waals surface area contributed by atoms with E-state index in [0.717, 1.165) is 57.1 Å². The number of amides is 1. The van der Waals surface area contributed by atoms with Gasteiger partial charge in [-0.2, -0.15) is 0 Å². The fraction of sp³-hybridized carbons (Fsp3) is 0.409. The minimum absolute atomic E-state index is 0.0159. The van der Waals surface area contributed by atoms with Crippen molar-refractivity contribution >= 4 is 23.2 Å². The molecule has 2 aliphatic heterocycles. The van der Waals surface area contributed by atoms with Crippen molar-refractivity contribution in [1.82, 2.24) is 9.80 Å². The molecule has 1 amide bonds. The Morgan fingerprint density at radius 1 is 1.11 bits per heavy atom. The predicted octanol–water partition coefficient (Wildman–Crippen LogP) is 3.34. The number of hydrogen-bond acceptors (Lipinski definition) is 4. The first-order chi connectivity index (χ1) is 13.6. The fourth-order valence-corrected chi connectivity index (χ4v) is 4.10. The summed E-state index contributed by atoms with van der Waals surface area (Å²) in [5.74, 6) is 1.02. The number of benzene rings is 2. The van der Waals surface area contributed by atoms with Crippen LogP contribution >= 0.6 is 11.6 Å². The summed E-state index contributed by atoms with van der Waals surface area (Å²) in [7, 11) is 0. The largest absolute Gasteiger partial charge is 0.493 e. The van der Waals surface area contributed by atoms with Gasteiger partial charge in [-0.3, -0.25) is 14.6 Å². The number of hydrogen-bond donors (Lipinski definition) is 1. The number of fused-ring (bicyclic) bond motifs is 1. The lowest BCUT2D eigenvalue weighted by molar-refractivity contribution is -0.117. The molecule has 4 rings (SSSR count). The van der Waals surface area contributed by atoms with Crippen molar-refractivity contribution < 1.29 is 9.53 Å². The minimum atomic E-state index is -0.0159. The molecule has 0 bridgehead atoms. The van der Waals surface area contributed by atoms with E-state index in [0.29, 0.717) is 17.3 Å². The van der Waals surface area contributed by atoms with Crippen LogP contribution in [-0.4, -0.2) is 55.0 Å². The zero-order valence-corrected chi connectivity index (χ0v) is 17.0. The normalized spacial score (nSPS) is 17.2. The molecule has 28 heavy (non-hydrogen) atoms. The number of carbonyl (C=O) groups is 1. The molecule has 0 spiro atoms. The Morgan fingerprint density at radius 3 is 2.68 bits per heavy atom. The highest BCUT2D eigenvalue weighted by Crippen LogP contribution is 2.26. The summed E-state index contributed by atoms with van der Waals surface area (Å²) in [4.78, 5) is 17.0. The van der Waals surface area contributed by atoms with Crippen molar-refractivity contribution in [3.63, 3.8) is 0 Å². The molecule has 2 aromatic carbocycles. The molecule has 1 fully saturated rings. The van der Waals surface area contributed by atoms with Crippen LogP contribution in [0.5, 0.6) is 5.75 Å². The van der Waals surface area contributed by atoms with Gasteiger partial charge in [0.2, 0.25) is 5.91 Å². The second-order valence-electron chi connectivity index (χ2n) is 7.62. The van der Waals surface area contributed by atoms with Gasteiger partial charge in [-0.1, -0.05) is 29.8 Å². The van der Waals surface area contributed by atoms with Crippen LogP contribution in [0.15, 0.2) is 36.4 Å². The second kappa shape index (κ2) is 8.52. The Balaban J connectivity index is 1.24. The highest BCUT2D eigenvalue weighted by molar-refractivity contribution is 6.33. The average Bonchev–Trinajstić information content (AvgIpc) is 3.13. The first-order valence-electron chi connectivity index (χ1n) is 9.82. The van der Waals surface area contributed by atoms with Crippen LogP contribution in [-0.2, 0) is 17.8 Å². The summed E-state index contributed by atoms with van der Waals surface area (Å²) in [5.41, 5.74) is 4.42. The molecule has 2 aliphatic rings. The van der Waals surface area contributed by atoms with Crippen molar-refractivity contribution in [2.24, 2.45) is 0 Å². The quantitative estimate of drug-likeness (QED) is 0.837. The summed E-state index contributed by atoms with van der Waals surface area (Å²) in [6.45, 7) is 7.84. The maximum atomic E-state index is 12.4. The number of ether oxygens (including phenoxy) is 1. The highest BCUT2D eigenvalue weighted by atomic mass is 35.5. The predicted molar refractivity (Wildman–Crippen MR) is 112 cm³/mol. The van der Waals surface area contributed by atoms with E-state index in [4.69, 9.17) is 16.3 Å². The number of carbonyl (C=O) groups excluding carboxylic acids is 1. The zero-order valence-electron chi connectivity index (χ0n) is 16.2. The van der Waals surface area contributed by atoms with Gasteiger partial charge in [-0.25, -0.2) is 0 Å². The van der Waals surface area contributed by atoms with Crippen molar-refractivity contribution in [3.05, 3.63) is 58.1 Å². The summed E-state index contributed by atoms with van der Waals surface area (Å²) in [6.07, 6.45) is 1.01. The topological polar surface area (TPSA) is 44.8 Å². The van der Waals surface area contributed by atoms with Gasteiger partial charge in [-0.05, 0) is 41.8 Å². The number of nitrogens with zero attached hydrogens (tertiary/aromatic N) is 2. The molecular weight excluding hydrogens is 374 g/mol. The van der Waals surface area contributed by atoms with Gasteiger partial charge in [-0.15, -0.1) is 0 Å². The van der Waals surface area contributed by atoms with Crippen LogP contribution < -0.4 is 10.1 Å². The summed E-state index contributed by atoms with van der Waals surface area (Å²) >= 11 is 6.20. The summed E-state index contributed by atoms with van der Waals surface area (Å²) in [6, 6.07) is 12.2. The number of piperazine rings is 1. The molecule has 0 radical (unpaired) electrons. The lowest BCUT2D eigenvalue weighted by Crippen LogP contribution is -2.48. The van der Waals surface area contributed by atoms with Crippen LogP contribution in [0, 0.1) is 6.92 Å². The van der Waals surface area contributed by atoms with Crippen LogP contribution in [0.2, 0.25) is 5.02 Å². The SMILES string of the molecule is Cc1ccc(NC(=O)CN2CCN(Cc3ccc4c(c3)CCO4)CC2)c(Cl)c1. The Kier molecular flexibility index (Phi) is 5.85. The Hall–Kier alpha value is -2.08. The third-order valence-electron chi connectivity index (χ3n) is 5.39. The molecule has 148 valence electrons. The number of rotatable bonds is 5. The van der Waals surface area contributed by atoms with E-state index < -0.39 is 0 Å². The molecule has 0 atom stereocenters. The van der Waals surface area contributed by atoms with Gasteiger partial charge >= 0.3 is 0 Å². The van der Waals surface area contributed by atoms with Crippen LogP contribution in [0.25, 0.3) is 0 Å². The third-order valence-corrected chi connectivity index (χ3v) is 5.70. The van der Waals surface area contributed by atoms with Crippen LogP contribution in [0.1, 0.15) is 16.7 Å². The van der Waals surface area contributed by atoms with Gasteiger partial charge < -0.3 is 10.1 Å². The van der Waals surface area contributed by atoms with Gasteiger partial charge in [0, 0.05) is 39.1 Å². The molecule has 0 aromatic heterocycles. The first-order valence-corrected chi connectivity index (χ1v) is 10.2. The van der Waals surface area contributed by atoms with E-state index in [1.165, 1.54) is 11.1 Å². The van der Waals surface area contributed by atoms with Gasteiger partial charge in [0.25, 0.3) is 0 Å². The third kappa shape index (κ3) is 4.66. The lowest BCUT2D eigenvalue weighted by atomic mass is 10.1. The van der Waals surface area contributed by atoms with E-state index in [2.05, 4.69) is 33.3 Å². The summed E-state index contributed by atoms with van der Waals surface area (Å²) in [5, 5.41) is 3.50. The van der Waals surface area contributed by atoms with E-state index in [1.807, 2.05) is 25.1 Å². The first kappa shape index (κ1) is 19.2. The minimum Gasteiger partial charge on any atom is -0.493 e. The van der Waals surface area contributed by atoms with Crippen LogP contribution in [0.4, 0.5) is 5.69 Å². The van der Waals surface area contributed by atoms with Gasteiger partial charge in [0.15, 0.2) is 0 Å². The molecule has 0 saturated carbocycles. The Bertz CT molecular complexity index is 863. The van der Waals surface area contributed by atoms with Crippen molar-refractivity contribution in [1.29, 1.82) is 0 Å². The summed E-state index contributed by atoms with van der Waals surface area (Å²) < 4.78 is 5.58. The average molecular weight is 400 g/mol. The Labute approximate surface area is 171 Å². The van der Waals surface area contributed by atoms with Gasteiger partial charge in [0.1, 0.15) is 5.75 Å². The monoisotopic (exact) mass is 399 g/mol. The number of halogens is 1. The molecule has 2 aromatic rings. The van der Waals surface area contributed by atoms with Crippen LogP contribution in [0.3, 0.4) is 0 Å². The standard InChI is InChI=1S/C22H26ClN3O2/c1-16-2-4-20(19(23)12-16)24-22(27)15-26-9-7-25(8-10-26)14-17-3-5-21-18(13-17)6-11-28-21/h2-5,12-13H,6-11,14-15H2,1H3,(H,24,27). The van der Waals surface area contributed by atoms with Gasteiger partial charge in [0.05, 0.1) is 23.9 Å². The van der Waals surface area contributed by atoms with Crippen molar-refractivity contribution in [3.8, 4) is 5.75 Å². The number of aryl methyl sites for hydroxylation is 1. The number of nitrogens with one attached hydrogen (secondary N) is 1. The van der Waals surface area contributed by atoms with E-state index in [-0.39, 0.29) is 5.91 Å². The second-order valence-corrected chi connectivity index (χ2v) is 8.03. The number of anilines is 1. The highest BCUT2D eigenvalue weighted by Gasteiger charge is 2.20. The maximum Gasteiger partial charge on any atom is 0.238 e. The molecular formula is C22H26ClN3O2. The van der Waals surface area contributed by atoms with E-state index >= 15 is 0 Å². The molecule has 0 unspecified atom stereocenters. The molecule has 5 nitrogen and oxygen atoms in total. The van der Waals surface area contributed by atoms with Crippen molar-refractivity contribution in [2.75, 3.05) is 44.6 Å². The molecule has 0 aliphatic carbocycles. The molecule has 6 heteroatoms. The Morgan fingerprint density at radius 2 is 1.89 bits per heavy atom. The lowest BCUT2D eigenvalue weighted by Gasteiger charge is -2.34.